The van der Waals surface area contributed by atoms with Crippen molar-refractivity contribution in [2.24, 2.45) is 0 Å². The van der Waals surface area contributed by atoms with Crippen molar-refractivity contribution in [2.45, 2.75) is 20.8 Å². The van der Waals surface area contributed by atoms with E-state index in [9.17, 15) is 0 Å². The Morgan fingerprint density at radius 3 is 2.60 bits per heavy atom. The van der Waals surface area contributed by atoms with E-state index in [1.807, 2.05) is 6.92 Å². The summed E-state index contributed by atoms with van der Waals surface area (Å²) in [7, 11) is 0. The molecule has 0 fully saturated rings. The summed E-state index contributed by atoms with van der Waals surface area (Å²) in [5.41, 5.74) is 1.14. The first kappa shape index (κ1) is 7.54. The zero-order valence-electron chi connectivity index (χ0n) is 6.56. The largest absolute Gasteiger partial charge is 0.362 e. The molecule has 0 aliphatic heterocycles. The lowest BCUT2D eigenvalue weighted by atomic mass is 10.4. The Hall–Kier alpha value is -0.570. The Morgan fingerprint density at radius 1 is 1.50 bits per heavy atom. The van der Waals surface area contributed by atoms with Gasteiger partial charge < -0.3 is 5.32 Å². The lowest BCUT2D eigenvalue weighted by Gasteiger charge is -1.92. The lowest BCUT2D eigenvalue weighted by Crippen LogP contribution is -1.94. The van der Waals surface area contributed by atoms with E-state index in [0.29, 0.717) is 0 Å². The second-order valence-corrected chi connectivity index (χ2v) is 3.39. The van der Waals surface area contributed by atoms with Gasteiger partial charge in [0.15, 0.2) is 5.13 Å². The van der Waals surface area contributed by atoms with E-state index in [1.54, 1.807) is 11.3 Å². The first-order valence-electron chi connectivity index (χ1n) is 3.42. The van der Waals surface area contributed by atoms with E-state index in [4.69, 9.17) is 0 Å². The lowest BCUT2D eigenvalue weighted by molar-refractivity contribution is 1.16. The molecule has 0 aliphatic carbocycles. The van der Waals surface area contributed by atoms with Crippen molar-refractivity contribution in [3.05, 3.63) is 10.6 Å². The van der Waals surface area contributed by atoms with Crippen LogP contribution >= 0.6 is 11.3 Å². The monoisotopic (exact) mass is 156 g/mol. The van der Waals surface area contributed by atoms with Crippen LogP contribution in [-0.2, 0) is 0 Å². The van der Waals surface area contributed by atoms with Crippen molar-refractivity contribution >= 4 is 16.5 Å². The van der Waals surface area contributed by atoms with Crippen LogP contribution in [0.3, 0.4) is 0 Å². The molecule has 0 radical (unpaired) electrons. The average Bonchev–Trinajstić information content (AvgIpc) is 2.14. The predicted molar refractivity (Wildman–Crippen MR) is 45.8 cm³/mol. The van der Waals surface area contributed by atoms with Crippen molar-refractivity contribution in [3.8, 4) is 0 Å². The zero-order chi connectivity index (χ0) is 7.56. The third kappa shape index (κ3) is 1.48. The van der Waals surface area contributed by atoms with E-state index >= 15 is 0 Å². The maximum atomic E-state index is 4.31. The molecule has 0 bridgehead atoms. The molecule has 0 saturated heterocycles. The van der Waals surface area contributed by atoms with Crippen LogP contribution < -0.4 is 5.32 Å². The summed E-state index contributed by atoms with van der Waals surface area (Å²) in [5, 5.41) is 4.22. The van der Waals surface area contributed by atoms with Gasteiger partial charge in [0.25, 0.3) is 0 Å². The molecule has 10 heavy (non-hydrogen) atoms. The number of nitrogens with zero attached hydrogens (tertiary/aromatic N) is 1. The number of anilines is 1. The topological polar surface area (TPSA) is 24.9 Å². The number of thiazole rings is 1. The number of aryl methyl sites for hydroxylation is 2. The first-order valence-corrected chi connectivity index (χ1v) is 4.23. The van der Waals surface area contributed by atoms with Crippen LogP contribution in [-0.4, -0.2) is 11.5 Å². The highest BCUT2D eigenvalue weighted by atomic mass is 32.1. The minimum absolute atomic E-state index is 0.951. The van der Waals surface area contributed by atoms with Crippen LogP contribution in [0.2, 0.25) is 0 Å². The fourth-order valence-corrected chi connectivity index (χ4v) is 1.58. The van der Waals surface area contributed by atoms with E-state index in [-0.39, 0.29) is 0 Å². The number of aromatic nitrogens is 1. The Morgan fingerprint density at radius 2 is 2.20 bits per heavy atom. The Labute approximate surface area is 65.3 Å². The number of rotatable bonds is 2. The molecule has 0 unspecified atom stereocenters. The molecule has 56 valence electrons. The Balaban J connectivity index is 2.77. The fourth-order valence-electron chi connectivity index (χ4n) is 0.700. The van der Waals surface area contributed by atoms with Gasteiger partial charge in [0.2, 0.25) is 0 Å². The fraction of sp³-hybridized carbons (Fsp3) is 0.571. The normalized spacial score (nSPS) is 9.90. The highest BCUT2D eigenvalue weighted by molar-refractivity contribution is 7.15. The van der Waals surface area contributed by atoms with Gasteiger partial charge >= 0.3 is 0 Å². The number of nitrogens with one attached hydrogen (secondary N) is 1. The molecule has 3 heteroatoms. The molecule has 1 N–H and O–H groups in total. The second kappa shape index (κ2) is 3.01. The summed E-state index contributed by atoms with van der Waals surface area (Å²) in [6.45, 7) is 7.15. The molecule has 1 rings (SSSR count). The van der Waals surface area contributed by atoms with E-state index < -0.39 is 0 Å². The van der Waals surface area contributed by atoms with Crippen LogP contribution in [0.4, 0.5) is 5.13 Å². The molecular formula is C7H12N2S. The van der Waals surface area contributed by atoms with Gasteiger partial charge in [-0.3, -0.25) is 0 Å². The van der Waals surface area contributed by atoms with E-state index in [0.717, 1.165) is 17.4 Å². The quantitative estimate of drug-likeness (QED) is 0.710. The molecule has 2 nitrogen and oxygen atoms in total. The van der Waals surface area contributed by atoms with Crippen molar-refractivity contribution in [1.29, 1.82) is 0 Å². The summed E-state index contributed by atoms with van der Waals surface area (Å²) in [5.74, 6) is 0. The highest BCUT2D eigenvalue weighted by Crippen LogP contribution is 2.20. The van der Waals surface area contributed by atoms with Crippen molar-refractivity contribution in [3.63, 3.8) is 0 Å². The predicted octanol–water partition coefficient (Wildman–Crippen LogP) is 2.19. The minimum atomic E-state index is 0.951. The molecule has 1 aromatic heterocycles. The smallest absolute Gasteiger partial charge is 0.183 e. The molecule has 1 aromatic rings. The van der Waals surface area contributed by atoms with Crippen LogP contribution in [0.5, 0.6) is 0 Å². The van der Waals surface area contributed by atoms with Gasteiger partial charge in [0, 0.05) is 11.4 Å². The van der Waals surface area contributed by atoms with Gasteiger partial charge in [-0.1, -0.05) is 0 Å². The van der Waals surface area contributed by atoms with Crippen molar-refractivity contribution < 1.29 is 0 Å². The van der Waals surface area contributed by atoms with Crippen LogP contribution in [0.25, 0.3) is 0 Å². The number of hydrogen-bond donors (Lipinski definition) is 1. The number of hydrogen-bond acceptors (Lipinski definition) is 3. The van der Waals surface area contributed by atoms with E-state index in [2.05, 4.69) is 24.1 Å². The molecule has 0 amide bonds. The molecular weight excluding hydrogens is 144 g/mol. The van der Waals surface area contributed by atoms with Crippen molar-refractivity contribution in [2.75, 3.05) is 11.9 Å². The maximum absolute atomic E-state index is 4.31. The zero-order valence-corrected chi connectivity index (χ0v) is 7.38. The minimum Gasteiger partial charge on any atom is -0.362 e. The summed E-state index contributed by atoms with van der Waals surface area (Å²) in [6.07, 6.45) is 0. The summed E-state index contributed by atoms with van der Waals surface area (Å²) in [6, 6.07) is 0. The van der Waals surface area contributed by atoms with Gasteiger partial charge in [0.05, 0.1) is 5.69 Å². The first-order chi connectivity index (χ1) is 4.74. The van der Waals surface area contributed by atoms with Gasteiger partial charge in [-0.2, -0.15) is 0 Å². The molecule has 0 aliphatic rings. The SMILES string of the molecule is CCNc1nc(C)c(C)s1. The maximum Gasteiger partial charge on any atom is 0.183 e. The summed E-state index contributed by atoms with van der Waals surface area (Å²) >= 11 is 1.72. The van der Waals surface area contributed by atoms with Crippen molar-refractivity contribution in [1.82, 2.24) is 4.98 Å². The third-order valence-electron chi connectivity index (χ3n) is 1.36. The Kier molecular flexibility index (Phi) is 2.27. The third-order valence-corrected chi connectivity index (χ3v) is 2.39. The molecule has 0 saturated carbocycles. The molecule has 0 spiro atoms. The van der Waals surface area contributed by atoms with Gasteiger partial charge in [-0.25, -0.2) is 4.98 Å². The Bertz CT molecular complexity index is 198. The van der Waals surface area contributed by atoms with Gasteiger partial charge in [0.1, 0.15) is 0 Å². The molecule has 0 aromatic carbocycles. The van der Waals surface area contributed by atoms with E-state index in [1.165, 1.54) is 4.88 Å². The van der Waals surface area contributed by atoms with Crippen LogP contribution in [0.15, 0.2) is 0 Å². The van der Waals surface area contributed by atoms with Gasteiger partial charge in [-0.15, -0.1) is 11.3 Å². The van der Waals surface area contributed by atoms with Crippen LogP contribution in [0, 0.1) is 13.8 Å². The second-order valence-electron chi connectivity index (χ2n) is 2.19. The summed E-state index contributed by atoms with van der Waals surface area (Å²) in [4.78, 5) is 5.61. The molecule has 1 heterocycles. The summed E-state index contributed by atoms with van der Waals surface area (Å²) < 4.78 is 0. The highest BCUT2D eigenvalue weighted by Gasteiger charge is 1.99. The standard InChI is InChI=1S/C7H12N2S/c1-4-8-7-9-5(2)6(3)10-7/h4H2,1-3H3,(H,8,9). The molecule has 0 atom stereocenters. The average molecular weight is 156 g/mol. The van der Waals surface area contributed by atoms with Crippen LogP contribution in [0.1, 0.15) is 17.5 Å². The van der Waals surface area contributed by atoms with Gasteiger partial charge in [-0.05, 0) is 20.8 Å².